The van der Waals surface area contributed by atoms with Gasteiger partial charge in [-0.15, -0.1) is 0 Å². The molecular weight excluding hydrogens is 256 g/mol. The molecule has 2 saturated heterocycles. The fourth-order valence-corrected chi connectivity index (χ4v) is 3.55. The van der Waals surface area contributed by atoms with Gasteiger partial charge < -0.3 is 14.7 Å². The molecule has 0 bridgehead atoms. The van der Waals surface area contributed by atoms with Gasteiger partial charge in [-0.25, -0.2) is 0 Å². The van der Waals surface area contributed by atoms with Crippen LogP contribution in [0.1, 0.15) is 33.1 Å². The van der Waals surface area contributed by atoms with Gasteiger partial charge in [0.2, 0.25) is 0 Å². The largest absolute Gasteiger partial charge is 0.481 e. The zero-order valence-electron chi connectivity index (χ0n) is 12.8. The van der Waals surface area contributed by atoms with E-state index in [1.807, 2.05) is 0 Å². The van der Waals surface area contributed by atoms with E-state index in [-0.39, 0.29) is 12.0 Å². The molecule has 0 aromatic rings. The smallest absolute Gasteiger partial charge is 0.310 e. The van der Waals surface area contributed by atoms with Crippen LogP contribution in [0.15, 0.2) is 0 Å². The van der Waals surface area contributed by atoms with E-state index < -0.39 is 5.97 Å². The molecule has 2 fully saturated rings. The molecular formula is C15H28N2O3. The van der Waals surface area contributed by atoms with Crippen molar-refractivity contribution in [2.45, 2.75) is 45.2 Å². The predicted octanol–water partition coefficient (Wildman–Crippen LogP) is 1.28. The van der Waals surface area contributed by atoms with Crippen molar-refractivity contribution in [3.63, 3.8) is 0 Å². The maximum absolute atomic E-state index is 11.4. The molecule has 1 N–H and O–H groups in total. The van der Waals surface area contributed by atoms with Gasteiger partial charge in [0.1, 0.15) is 0 Å². The minimum Gasteiger partial charge on any atom is -0.481 e. The molecule has 20 heavy (non-hydrogen) atoms. The van der Waals surface area contributed by atoms with E-state index in [1.54, 1.807) is 0 Å². The molecule has 116 valence electrons. The third-order valence-electron chi connectivity index (χ3n) is 4.75. The molecule has 0 aliphatic carbocycles. The van der Waals surface area contributed by atoms with E-state index in [9.17, 15) is 9.90 Å². The maximum atomic E-state index is 11.4. The first-order valence-electron chi connectivity index (χ1n) is 7.96. The second-order valence-corrected chi connectivity index (χ2v) is 5.95. The molecule has 2 rings (SSSR count). The lowest BCUT2D eigenvalue weighted by Crippen LogP contribution is -2.52. The van der Waals surface area contributed by atoms with E-state index in [1.165, 1.54) is 0 Å². The number of likely N-dealkylation sites (tertiary alicyclic amines) is 1. The SMILES string of the molecule is CCCN(C1CCN(CC)CC1)C1COCC1C(=O)O. The van der Waals surface area contributed by atoms with Crippen molar-refractivity contribution in [1.82, 2.24) is 9.80 Å². The Labute approximate surface area is 121 Å². The van der Waals surface area contributed by atoms with Crippen molar-refractivity contribution in [2.24, 2.45) is 5.92 Å². The van der Waals surface area contributed by atoms with Gasteiger partial charge in [0.25, 0.3) is 0 Å². The van der Waals surface area contributed by atoms with Gasteiger partial charge >= 0.3 is 5.97 Å². The van der Waals surface area contributed by atoms with Crippen LogP contribution in [0, 0.1) is 5.92 Å². The molecule has 0 radical (unpaired) electrons. The van der Waals surface area contributed by atoms with Crippen LogP contribution in [-0.4, -0.2) is 72.4 Å². The first-order chi connectivity index (χ1) is 9.67. The number of piperidine rings is 1. The summed E-state index contributed by atoms with van der Waals surface area (Å²) in [7, 11) is 0. The molecule has 5 heteroatoms. The van der Waals surface area contributed by atoms with E-state index >= 15 is 0 Å². The first-order valence-corrected chi connectivity index (χ1v) is 7.96. The van der Waals surface area contributed by atoms with Crippen molar-refractivity contribution in [2.75, 3.05) is 39.4 Å². The Morgan fingerprint density at radius 3 is 2.55 bits per heavy atom. The summed E-state index contributed by atoms with van der Waals surface area (Å²) in [5.74, 6) is -1.06. The molecule has 2 atom stereocenters. The summed E-state index contributed by atoms with van der Waals surface area (Å²) < 4.78 is 5.46. The number of aliphatic carboxylic acids is 1. The highest BCUT2D eigenvalue weighted by atomic mass is 16.5. The van der Waals surface area contributed by atoms with Crippen LogP contribution in [0.4, 0.5) is 0 Å². The van der Waals surface area contributed by atoms with Crippen molar-refractivity contribution in [3.8, 4) is 0 Å². The first kappa shape index (κ1) is 15.7. The minimum atomic E-state index is -0.709. The van der Waals surface area contributed by atoms with Gasteiger partial charge in [-0.3, -0.25) is 9.69 Å². The number of carboxylic acid groups (broad SMARTS) is 1. The van der Waals surface area contributed by atoms with Crippen molar-refractivity contribution < 1.29 is 14.6 Å². The summed E-state index contributed by atoms with van der Waals surface area (Å²) >= 11 is 0. The zero-order valence-corrected chi connectivity index (χ0v) is 12.8. The molecule has 2 unspecified atom stereocenters. The second-order valence-electron chi connectivity index (χ2n) is 5.95. The monoisotopic (exact) mass is 284 g/mol. The van der Waals surface area contributed by atoms with Gasteiger partial charge in [0.05, 0.1) is 19.1 Å². The summed E-state index contributed by atoms with van der Waals surface area (Å²) in [5.41, 5.74) is 0. The second kappa shape index (κ2) is 7.38. The molecule has 5 nitrogen and oxygen atoms in total. The van der Waals surface area contributed by atoms with E-state index in [4.69, 9.17) is 4.74 Å². The standard InChI is InChI=1S/C15H28N2O3/c1-3-7-17(12-5-8-16(4-2)9-6-12)14-11-20-10-13(14)15(18)19/h12-14H,3-11H2,1-2H3,(H,18,19). The minimum absolute atomic E-state index is 0.0608. The summed E-state index contributed by atoms with van der Waals surface area (Å²) in [4.78, 5) is 16.3. The third kappa shape index (κ3) is 3.51. The molecule has 0 aromatic carbocycles. The Hall–Kier alpha value is -0.650. The molecule has 2 aliphatic rings. The lowest BCUT2D eigenvalue weighted by molar-refractivity contribution is -0.143. The quantitative estimate of drug-likeness (QED) is 0.796. The normalized spacial score (nSPS) is 29.1. The van der Waals surface area contributed by atoms with Crippen molar-refractivity contribution >= 4 is 5.97 Å². The van der Waals surface area contributed by atoms with E-state index in [0.29, 0.717) is 19.3 Å². The predicted molar refractivity (Wildman–Crippen MR) is 77.9 cm³/mol. The maximum Gasteiger partial charge on any atom is 0.310 e. The fourth-order valence-electron chi connectivity index (χ4n) is 3.55. The fraction of sp³-hybridized carbons (Fsp3) is 0.933. The Morgan fingerprint density at radius 1 is 1.30 bits per heavy atom. The van der Waals surface area contributed by atoms with Gasteiger partial charge in [-0.05, 0) is 45.4 Å². The van der Waals surface area contributed by atoms with Gasteiger partial charge in [-0.1, -0.05) is 13.8 Å². The van der Waals surface area contributed by atoms with Gasteiger partial charge in [-0.2, -0.15) is 0 Å². The van der Waals surface area contributed by atoms with Crippen LogP contribution in [0.5, 0.6) is 0 Å². The molecule has 2 heterocycles. The summed E-state index contributed by atoms with van der Waals surface area (Å²) in [5, 5.41) is 9.36. The molecule has 0 aromatic heterocycles. The number of ether oxygens (including phenoxy) is 1. The van der Waals surface area contributed by atoms with Crippen molar-refractivity contribution in [1.29, 1.82) is 0 Å². The van der Waals surface area contributed by atoms with Crippen LogP contribution < -0.4 is 0 Å². The number of rotatable bonds is 6. The highest BCUT2D eigenvalue weighted by Crippen LogP contribution is 2.26. The number of carbonyl (C=O) groups is 1. The van der Waals surface area contributed by atoms with Gasteiger partial charge in [0.15, 0.2) is 0 Å². The van der Waals surface area contributed by atoms with Crippen molar-refractivity contribution in [3.05, 3.63) is 0 Å². The number of hydrogen-bond donors (Lipinski definition) is 1. The average molecular weight is 284 g/mol. The van der Waals surface area contributed by atoms with Crippen LogP contribution in [0.2, 0.25) is 0 Å². The highest BCUT2D eigenvalue weighted by molar-refractivity contribution is 5.71. The van der Waals surface area contributed by atoms with Crippen LogP contribution in [0.25, 0.3) is 0 Å². The lowest BCUT2D eigenvalue weighted by atomic mass is 9.96. The molecule has 0 amide bonds. The molecule has 0 saturated carbocycles. The number of carboxylic acids is 1. The summed E-state index contributed by atoms with van der Waals surface area (Å²) in [6, 6.07) is 0.580. The zero-order chi connectivity index (χ0) is 14.5. The lowest BCUT2D eigenvalue weighted by Gasteiger charge is -2.41. The summed E-state index contributed by atoms with van der Waals surface area (Å²) in [6.45, 7) is 9.67. The van der Waals surface area contributed by atoms with E-state index in [0.717, 1.165) is 45.4 Å². The molecule has 0 spiro atoms. The number of nitrogens with zero attached hydrogens (tertiary/aromatic N) is 2. The molecule has 2 aliphatic heterocycles. The average Bonchev–Trinajstić information content (AvgIpc) is 2.94. The third-order valence-corrected chi connectivity index (χ3v) is 4.75. The van der Waals surface area contributed by atoms with Crippen LogP contribution >= 0.6 is 0 Å². The highest BCUT2D eigenvalue weighted by Gasteiger charge is 2.40. The van der Waals surface area contributed by atoms with E-state index in [2.05, 4.69) is 23.6 Å². The van der Waals surface area contributed by atoms with Crippen LogP contribution in [-0.2, 0) is 9.53 Å². The van der Waals surface area contributed by atoms with Gasteiger partial charge in [0, 0.05) is 12.1 Å². The Bertz CT molecular complexity index is 316. The Kier molecular flexibility index (Phi) is 5.81. The topological polar surface area (TPSA) is 53.0 Å². The Balaban J connectivity index is 2.01. The van der Waals surface area contributed by atoms with Crippen LogP contribution in [0.3, 0.4) is 0 Å². The Morgan fingerprint density at radius 2 is 2.00 bits per heavy atom. The number of hydrogen-bond acceptors (Lipinski definition) is 4. The summed E-state index contributed by atoms with van der Waals surface area (Å²) in [6.07, 6.45) is 3.37.